The van der Waals surface area contributed by atoms with Gasteiger partial charge in [-0.2, -0.15) is 5.26 Å². The van der Waals surface area contributed by atoms with E-state index in [1.54, 1.807) is 11.3 Å². The lowest BCUT2D eigenvalue weighted by Gasteiger charge is -2.11. The molecule has 2 aromatic rings. The fraction of sp³-hybridized carbons (Fsp3) is 0.333. The van der Waals surface area contributed by atoms with Crippen molar-refractivity contribution in [1.82, 2.24) is 5.32 Å². The Kier molecular flexibility index (Phi) is 4.34. The minimum absolute atomic E-state index is 0.0218. The van der Waals surface area contributed by atoms with Gasteiger partial charge in [0.1, 0.15) is 11.1 Å². The van der Waals surface area contributed by atoms with Gasteiger partial charge in [-0.25, -0.2) is 0 Å². The highest BCUT2D eigenvalue weighted by molar-refractivity contribution is 7.16. The van der Waals surface area contributed by atoms with Gasteiger partial charge in [0.25, 0.3) is 0 Å². The first kappa shape index (κ1) is 14.3. The summed E-state index contributed by atoms with van der Waals surface area (Å²) in [7, 11) is 0. The molecule has 0 bridgehead atoms. The van der Waals surface area contributed by atoms with E-state index in [-0.39, 0.29) is 5.91 Å². The van der Waals surface area contributed by atoms with Crippen molar-refractivity contribution in [1.29, 1.82) is 5.26 Å². The second-order valence-corrected chi connectivity index (χ2v) is 7.01. The number of amides is 1. The Labute approximate surface area is 131 Å². The Hall–Kier alpha value is -1.68. The highest BCUT2D eigenvalue weighted by atomic mass is 32.1. The molecule has 1 aliphatic heterocycles. The van der Waals surface area contributed by atoms with E-state index in [1.165, 1.54) is 21.1 Å². The summed E-state index contributed by atoms with van der Waals surface area (Å²) < 4.78 is 0. The van der Waals surface area contributed by atoms with E-state index < -0.39 is 0 Å². The van der Waals surface area contributed by atoms with Gasteiger partial charge in [0.05, 0.1) is 5.56 Å². The summed E-state index contributed by atoms with van der Waals surface area (Å²) in [6.07, 6.45) is 2.06. The van der Waals surface area contributed by atoms with Crippen molar-refractivity contribution in [3.8, 4) is 6.07 Å². The molecule has 2 aromatic heterocycles. The molecular weight excluding hydrogens is 302 g/mol. The topological polar surface area (TPSA) is 64.9 Å². The summed E-state index contributed by atoms with van der Waals surface area (Å²) in [4.78, 5) is 14.4. The average molecular weight is 317 g/mol. The predicted molar refractivity (Wildman–Crippen MR) is 85.7 cm³/mol. The molecular formula is C15H15N3OS2. The summed E-state index contributed by atoms with van der Waals surface area (Å²) in [6, 6.07) is 6.28. The standard InChI is InChI=1S/C15H15N3OS2/c16-8-12-11-5-6-17-9-13(11)21-15(12)18-14(19)4-3-10-2-1-7-20-10/h1-2,7,17H,3-6,9H2,(H,18,19). The van der Waals surface area contributed by atoms with Gasteiger partial charge in [0.15, 0.2) is 0 Å². The third kappa shape index (κ3) is 3.16. The lowest BCUT2D eigenvalue weighted by atomic mass is 10.1. The molecule has 108 valence electrons. The van der Waals surface area contributed by atoms with Crippen LogP contribution < -0.4 is 10.6 Å². The van der Waals surface area contributed by atoms with Crippen molar-refractivity contribution in [3.63, 3.8) is 0 Å². The molecule has 2 N–H and O–H groups in total. The molecule has 0 saturated heterocycles. The molecule has 1 aliphatic rings. The molecule has 4 nitrogen and oxygen atoms in total. The quantitative estimate of drug-likeness (QED) is 0.911. The van der Waals surface area contributed by atoms with E-state index >= 15 is 0 Å². The van der Waals surface area contributed by atoms with Gasteiger partial charge in [-0.1, -0.05) is 6.07 Å². The van der Waals surface area contributed by atoms with Crippen LogP contribution in [0.15, 0.2) is 17.5 Å². The van der Waals surface area contributed by atoms with Crippen LogP contribution in [0.2, 0.25) is 0 Å². The van der Waals surface area contributed by atoms with Gasteiger partial charge in [0, 0.05) is 22.7 Å². The Morgan fingerprint density at radius 2 is 2.43 bits per heavy atom. The molecule has 0 saturated carbocycles. The Morgan fingerprint density at radius 3 is 3.19 bits per heavy atom. The number of nitriles is 1. The number of carbonyl (C=O) groups is 1. The Balaban J connectivity index is 1.68. The number of fused-ring (bicyclic) bond motifs is 1. The number of nitrogens with one attached hydrogen (secondary N) is 2. The molecule has 0 unspecified atom stereocenters. The lowest BCUT2D eigenvalue weighted by Crippen LogP contribution is -2.22. The van der Waals surface area contributed by atoms with Crippen LogP contribution in [0.5, 0.6) is 0 Å². The van der Waals surface area contributed by atoms with Gasteiger partial charge < -0.3 is 10.6 Å². The molecule has 0 aliphatic carbocycles. The zero-order valence-electron chi connectivity index (χ0n) is 11.4. The monoisotopic (exact) mass is 317 g/mol. The van der Waals surface area contributed by atoms with Gasteiger partial charge in [0.2, 0.25) is 5.91 Å². The fourth-order valence-electron chi connectivity index (χ4n) is 2.42. The first-order valence-corrected chi connectivity index (χ1v) is 8.55. The highest BCUT2D eigenvalue weighted by Crippen LogP contribution is 2.34. The van der Waals surface area contributed by atoms with E-state index in [4.69, 9.17) is 0 Å². The van der Waals surface area contributed by atoms with Gasteiger partial charge in [-0.05, 0) is 36.4 Å². The van der Waals surface area contributed by atoms with Crippen molar-refractivity contribution in [2.45, 2.75) is 25.8 Å². The van der Waals surface area contributed by atoms with Crippen molar-refractivity contribution in [2.75, 3.05) is 11.9 Å². The van der Waals surface area contributed by atoms with E-state index in [0.717, 1.165) is 31.5 Å². The first-order valence-electron chi connectivity index (χ1n) is 6.85. The fourth-order valence-corrected chi connectivity index (χ4v) is 4.31. The highest BCUT2D eigenvalue weighted by Gasteiger charge is 2.21. The summed E-state index contributed by atoms with van der Waals surface area (Å²) in [5, 5.41) is 18.3. The van der Waals surface area contributed by atoms with Crippen LogP contribution in [0, 0.1) is 11.3 Å². The zero-order chi connectivity index (χ0) is 14.7. The second-order valence-electron chi connectivity index (χ2n) is 4.87. The van der Waals surface area contributed by atoms with Crippen LogP contribution in [0.1, 0.15) is 27.3 Å². The van der Waals surface area contributed by atoms with Crippen LogP contribution in [0.25, 0.3) is 0 Å². The third-order valence-electron chi connectivity index (χ3n) is 3.47. The minimum atomic E-state index is -0.0218. The molecule has 0 aromatic carbocycles. The number of rotatable bonds is 4. The van der Waals surface area contributed by atoms with Crippen LogP contribution >= 0.6 is 22.7 Å². The van der Waals surface area contributed by atoms with Gasteiger partial charge in [-0.15, -0.1) is 22.7 Å². The summed E-state index contributed by atoms with van der Waals surface area (Å²) in [5.41, 5.74) is 1.76. The van der Waals surface area contributed by atoms with Crippen LogP contribution in [-0.2, 0) is 24.2 Å². The summed E-state index contributed by atoms with van der Waals surface area (Å²) >= 11 is 3.19. The maximum absolute atomic E-state index is 12.1. The lowest BCUT2D eigenvalue weighted by molar-refractivity contribution is -0.116. The molecule has 6 heteroatoms. The smallest absolute Gasteiger partial charge is 0.225 e. The van der Waals surface area contributed by atoms with E-state index in [2.05, 4.69) is 16.7 Å². The number of aryl methyl sites for hydroxylation is 1. The second kappa shape index (κ2) is 6.39. The van der Waals surface area contributed by atoms with E-state index in [1.807, 2.05) is 17.5 Å². The van der Waals surface area contributed by atoms with E-state index in [0.29, 0.717) is 17.0 Å². The molecule has 21 heavy (non-hydrogen) atoms. The van der Waals surface area contributed by atoms with Crippen molar-refractivity contribution in [3.05, 3.63) is 38.4 Å². The largest absolute Gasteiger partial charge is 0.317 e. The predicted octanol–water partition coefficient (Wildman–Crippen LogP) is 2.90. The molecule has 0 spiro atoms. The summed E-state index contributed by atoms with van der Waals surface area (Å²) in [5.74, 6) is -0.0218. The van der Waals surface area contributed by atoms with Crippen molar-refractivity contribution < 1.29 is 4.79 Å². The molecule has 0 fully saturated rings. The van der Waals surface area contributed by atoms with Crippen molar-refractivity contribution >= 4 is 33.6 Å². The zero-order valence-corrected chi connectivity index (χ0v) is 13.1. The summed E-state index contributed by atoms with van der Waals surface area (Å²) in [6.45, 7) is 1.68. The van der Waals surface area contributed by atoms with E-state index in [9.17, 15) is 10.1 Å². The molecule has 1 amide bonds. The van der Waals surface area contributed by atoms with Gasteiger partial charge in [-0.3, -0.25) is 4.79 Å². The first-order chi connectivity index (χ1) is 10.3. The Morgan fingerprint density at radius 1 is 1.52 bits per heavy atom. The van der Waals surface area contributed by atoms with Crippen molar-refractivity contribution in [2.24, 2.45) is 0 Å². The van der Waals surface area contributed by atoms with Gasteiger partial charge >= 0.3 is 0 Å². The molecule has 0 radical (unpaired) electrons. The SMILES string of the molecule is N#Cc1c(NC(=O)CCc2cccs2)sc2c1CCNC2. The number of hydrogen-bond acceptors (Lipinski definition) is 5. The molecule has 3 rings (SSSR count). The number of thiophene rings is 2. The van der Waals surface area contributed by atoms with Crippen LogP contribution in [-0.4, -0.2) is 12.5 Å². The Bertz CT molecular complexity index is 683. The normalized spacial score (nSPS) is 13.5. The number of hydrogen-bond donors (Lipinski definition) is 2. The number of nitrogens with zero attached hydrogens (tertiary/aromatic N) is 1. The third-order valence-corrected chi connectivity index (χ3v) is 5.55. The minimum Gasteiger partial charge on any atom is -0.317 e. The van der Waals surface area contributed by atoms with Crippen LogP contribution in [0.3, 0.4) is 0 Å². The molecule has 0 atom stereocenters. The number of carbonyl (C=O) groups excluding carboxylic acids is 1. The maximum atomic E-state index is 12.1. The molecule has 3 heterocycles. The number of anilines is 1. The average Bonchev–Trinajstić information content (AvgIpc) is 3.12. The maximum Gasteiger partial charge on any atom is 0.225 e. The van der Waals surface area contributed by atoms with Crippen LogP contribution in [0.4, 0.5) is 5.00 Å².